The number of carboxylic acids is 1. The molecule has 0 saturated carbocycles. The molecule has 0 radical (unpaired) electrons. The Bertz CT molecular complexity index is 440. The summed E-state index contributed by atoms with van der Waals surface area (Å²) < 4.78 is 0. The van der Waals surface area contributed by atoms with Crippen molar-refractivity contribution in [2.24, 2.45) is 5.41 Å². The summed E-state index contributed by atoms with van der Waals surface area (Å²) in [4.78, 5) is 24.5. The van der Waals surface area contributed by atoms with E-state index in [0.29, 0.717) is 6.54 Å². The average molecular weight is 263 g/mol. The molecular formula is C15H21NO3. The highest BCUT2D eigenvalue weighted by atomic mass is 16.4. The van der Waals surface area contributed by atoms with Gasteiger partial charge in [0.1, 0.15) is 0 Å². The normalized spacial score (nSPS) is 11.1. The Morgan fingerprint density at radius 3 is 2.32 bits per heavy atom. The molecule has 0 spiro atoms. The predicted octanol–water partition coefficient (Wildman–Crippen LogP) is 2.19. The summed E-state index contributed by atoms with van der Waals surface area (Å²) in [7, 11) is 1.71. The molecule has 1 rings (SSSR count). The molecule has 1 aromatic rings. The Morgan fingerprint density at radius 2 is 1.79 bits per heavy atom. The van der Waals surface area contributed by atoms with Crippen LogP contribution in [0.25, 0.3) is 0 Å². The summed E-state index contributed by atoms with van der Waals surface area (Å²) in [6, 6.07) is 9.90. The van der Waals surface area contributed by atoms with E-state index in [9.17, 15) is 9.59 Å². The van der Waals surface area contributed by atoms with Gasteiger partial charge >= 0.3 is 5.97 Å². The number of aliphatic carboxylic acids is 1. The predicted molar refractivity (Wildman–Crippen MR) is 73.8 cm³/mol. The molecule has 1 amide bonds. The molecule has 0 fully saturated rings. The highest BCUT2D eigenvalue weighted by Crippen LogP contribution is 2.21. The minimum Gasteiger partial charge on any atom is -0.481 e. The second-order valence-corrected chi connectivity index (χ2v) is 5.42. The van der Waals surface area contributed by atoms with Crippen molar-refractivity contribution in [1.29, 1.82) is 0 Å². The largest absolute Gasteiger partial charge is 0.481 e. The van der Waals surface area contributed by atoms with E-state index in [1.807, 2.05) is 30.3 Å². The lowest BCUT2D eigenvalue weighted by atomic mass is 9.89. The maximum atomic E-state index is 11.9. The van der Waals surface area contributed by atoms with Crippen LogP contribution in [-0.4, -0.2) is 35.5 Å². The average Bonchev–Trinajstić information content (AvgIpc) is 2.36. The number of carbonyl (C=O) groups is 2. The van der Waals surface area contributed by atoms with Crippen LogP contribution in [0.3, 0.4) is 0 Å². The van der Waals surface area contributed by atoms with Crippen LogP contribution in [0.5, 0.6) is 0 Å². The highest BCUT2D eigenvalue weighted by Gasteiger charge is 2.31. The zero-order valence-electron chi connectivity index (χ0n) is 11.7. The number of nitrogens with zero attached hydrogens (tertiary/aromatic N) is 1. The minimum absolute atomic E-state index is 0.0215. The van der Waals surface area contributed by atoms with Gasteiger partial charge in [-0.1, -0.05) is 30.3 Å². The van der Waals surface area contributed by atoms with E-state index in [4.69, 9.17) is 5.11 Å². The van der Waals surface area contributed by atoms with E-state index in [-0.39, 0.29) is 12.3 Å². The van der Waals surface area contributed by atoms with Crippen LogP contribution in [0.1, 0.15) is 25.8 Å². The molecule has 0 heterocycles. The van der Waals surface area contributed by atoms with Gasteiger partial charge in [0.25, 0.3) is 0 Å². The van der Waals surface area contributed by atoms with Crippen molar-refractivity contribution in [3.63, 3.8) is 0 Å². The third-order valence-electron chi connectivity index (χ3n) is 3.18. The van der Waals surface area contributed by atoms with Crippen LogP contribution in [0.15, 0.2) is 30.3 Å². The molecule has 4 heteroatoms. The molecule has 104 valence electrons. The first kappa shape index (κ1) is 15.2. The van der Waals surface area contributed by atoms with Crippen molar-refractivity contribution < 1.29 is 14.7 Å². The summed E-state index contributed by atoms with van der Waals surface area (Å²) in [5.41, 5.74) is 0.151. The maximum Gasteiger partial charge on any atom is 0.309 e. The molecule has 0 unspecified atom stereocenters. The summed E-state index contributed by atoms with van der Waals surface area (Å²) in [5, 5.41) is 9.01. The van der Waals surface area contributed by atoms with E-state index < -0.39 is 11.4 Å². The minimum atomic E-state index is -1.02. The SMILES string of the molecule is CN(CCc1ccccc1)C(=O)CC(C)(C)C(=O)O. The number of carbonyl (C=O) groups excluding carboxylic acids is 1. The molecule has 0 bridgehead atoms. The van der Waals surface area contributed by atoms with Gasteiger partial charge in [0.2, 0.25) is 5.91 Å². The molecule has 1 aromatic carbocycles. The van der Waals surface area contributed by atoms with E-state index in [0.717, 1.165) is 6.42 Å². The number of rotatable bonds is 6. The molecular weight excluding hydrogens is 242 g/mol. The quantitative estimate of drug-likeness (QED) is 0.856. The number of carboxylic acid groups (broad SMARTS) is 1. The van der Waals surface area contributed by atoms with Crippen LogP contribution in [0, 0.1) is 5.41 Å². The fourth-order valence-electron chi connectivity index (χ4n) is 1.65. The second kappa shape index (κ2) is 6.36. The Hall–Kier alpha value is -1.84. The second-order valence-electron chi connectivity index (χ2n) is 5.42. The molecule has 0 atom stereocenters. The first-order chi connectivity index (χ1) is 8.83. The van der Waals surface area contributed by atoms with Gasteiger partial charge in [-0.3, -0.25) is 9.59 Å². The molecule has 0 saturated heterocycles. The van der Waals surface area contributed by atoms with E-state index in [2.05, 4.69) is 0 Å². The monoisotopic (exact) mass is 263 g/mol. The Kier molecular flexibility index (Phi) is 5.10. The fourth-order valence-corrected chi connectivity index (χ4v) is 1.65. The van der Waals surface area contributed by atoms with Gasteiger partial charge in [-0.2, -0.15) is 0 Å². The lowest BCUT2D eigenvalue weighted by Gasteiger charge is -2.23. The fraction of sp³-hybridized carbons (Fsp3) is 0.467. The van der Waals surface area contributed by atoms with Crippen molar-refractivity contribution in [3.05, 3.63) is 35.9 Å². The molecule has 19 heavy (non-hydrogen) atoms. The van der Waals surface area contributed by atoms with E-state index in [1.165, 1.54) is 5.56 Å². The van der Waals surface area contributed by atoms with Gasteiger partial charge in [0, 0.05) is 20.0 Å². The number of hydrogen-bond donors (Lipinski definition) is 1. The van der Waals surface area contributed by atoms with Gasteiger partial charge in [0.05, 0.1) is 5.41 Å². The van der Waals surface area contributed by atoms with E-state index in [1.54, 1.807) is 25.8 Å². The third-order valence-corrected chi connectivity index (χ3v) is 3.18. The third kappa shape index (κ3) is 4.73. The first-order valence-corrected chi connectivity index (χ1v) is 6.34. The molecule has 0 aliphatic heterocycles. The maximum absolute atomic E-state index is 11.9. The summed E-state index contributed by atoms with van der Waals surface area (Å²) >= 11 is 0. The molecule has 0 aliphatic carbocycles. The summed E-state index contributed by atoms with van der Waals surface area (Å²) in [5.74, 6) is -1.08. The van der Waals surface area contributed by atoms with Crippen molar-refractivity contribution in [2.45, 2.75) is 26.7 Å². The highest BCUT2D eigenvalue weighted by molar-refractivity contribution is 5.84. The van der Waals surface area contributed by atoms with Gasteiger partial charge in [-0.15, -0.1) is 0 Å². The number of hydrogen-bond acceptors (Lipinski definition) is 2. The Morgan fingerprint density at radius 1 is 1.21 bits per heavy atom. The van der Waals surface area contributed by atoms with Gasteiger partial charge < -0.3 is 10.0 Å². The van der Waals surface area contributed by atoms with Crippen LogP contribution in [0.4, 0.5) is 0 Å². The van der Waals surface area contributed by atoms with Crippen LogP contribution < -0.4 is 0 Å². The van der Waals surface area contributed by atoms with Gasteiger partial charge in [-0.05, 0) is 25.8 Å². The van der Waals surface area contributed by atoms with Crippen LogP contribution in [0.2, 0.25) is 0 Å². The lowest BCUT2D eigenvalue weighted by molar-refractivity contribution is -0.151. The van der Waals surface area contributed by atoms with Crippen molar-refractivity contribution in [1.82, 2.24) is 4.90 Å². The standard InChI is InChI=1S/C15H21NO3/c1-15(2,14(18)19)11-13(17)16(3)10-9-12-7-5-4-6-8-12/h4-8H,9-11H2,1-3H3,(H,18,19). The first-order valence-electron chi connectivity index (χ1n) is 6.34. The smallest absolute Gasteiger partial charge is 0.309 e. The lowest BCUT2D eigenvalue weighted by Crippen LogP contribution is -2.35. The molecule has 0 aromatic heterocycles. The zero-order valence-corrected chi connectivity index (χ0v) is 11.7. The van der Waals surface area contributed by atoms with Crippen molar-refractivity contribution in [2.75, 3.05) is 13.6 Å². The van der Waals surface area contributed by atoms with E-state index >= 15 is 0 Å². The van der Waals surface area contributed by atoms with Crippen molar-refractivity contribution in [3.8, 4) is 0 Å². The topological polar surface area (TPSA) is 57.6 Å². The number of likely N-dealkylation sites (N-methyl/N-ethyl adjacent to an activating group) is 1. The zero-order chi connectivity index (χ0) is 14.5. The molecule has 0 aliphatic rings. The van der Waals surface area contributed by atoms with Crippen molar-refractivity contribution >= 4 is 11.9 Å². The van der Waals surface area contributed by atoms with Crippen LogP contribution >= 0.6 is 0 Å². The van der Waals surface area contributed by atoms with Crippen LogP contribution in [-0.2, 0) is 16.0 Å². The number of amides is 1. The Labute approximate surface area is 114 Å². The molecule has 4 nitrogen and oxygen atoms in total. The molecule has 1 N–H and O–H groups in total. The van der Waals surface area contributed by atoms with Gasteiger partial charge in [0.15, 0.2) is 0 Å². The Balaban J connectivity index is 2.48. The summed E-state index contributed by atoms with van der Waals surface area (Å²) in [6.07, 6.45) is 0.796. The van der Waals surface area contributed by atoms with Gasteiger partial charge in [-0.25, -0.2) is 0 Å². The summed E-state index contributed by atoms with van der Waals surface area (Å²) in [6.45, 7) is 3.73. The number of benzene rings is 1.